The number of hydrogen-bond donors (Lipinski definition) is 1. The van der Waals surface area contributed by atoms with Gasteiger partial charge in [-0.2, -0.15) is 0 Å². The van der Waals surface area contributed by atoms with Crippen molar-refractivity contribution in [1.82, 2.24) is 5.32 Å². The highest BCUT2D eigenvalue weighted by Gasteiger charge is 2.33. The van der Waals surface area contributed by atoms with Crippen LogP contribution in [0.25, 0.3) is 0 Å². The van der Waals surface area contributed by atoms with Gasteiger partial charge in [0, 0.05) is 13.5 Å². The third-order valence-electron chi connectivity index (χ3n) is 4.98. The van der Waals surface area contributed by atoms with Gasteiger partial charge in [0.25, 0.3) is 11.8 Å². The summed E-state index contributed by atoms with van der Waals surface area (Å²) in [6.07, 6.45) is -0.188. The number of ether oxygens (including phenoxy) is 4. The molecule has 9 nitrogen and oxygen atoms in total. The zero-order valence-electron chi connectivity index (χ0n) is 17.3. The summed E-state index contributed by atoms with van der Waals surface area (Å²) < 4.78 is 22.0. The predicted molar refractivity (Wildman–Crippen MR) is 115 cm³/mol. The van der Waals surface area contributed by atoms with Gasteiger partial charge >= 0.3 is 5.97 Å². The molecule has 0 saturated heterocycles. The number of nitrogens with zero attached hydrogens (tertiary/aromatic N) is 1. The Labute approximate surface area is 189 Å². The van der Waals surface area contributed by atoms with Crippen LogP contribution >= 0.6 is 11.6 Å². The Morgan fingerprint density at radius 3 is 2.75 bits per heavy atom. The van der Waals surface area contributed by atoms with Gasteiger partial charge in [0.05, 0.1) is 36.0 Å². The molecule has 2 heterocycles. The van der Waals surface area contributed by atoms with Crippen molar-refractivity contribution in [2.75, 3.05) is 38.3 Å². The summed E-state index contributed by atoms with van der Waals surface area (Å²) in [7, 11) is 1.49. The number of para-hydroxylation sites is 2. The van der Waals surface area contributed by atoms with Crippen LogP contribution in [0.2, 0.25) is 5.02 Å². The molecule has 0 aromatic heterocycles. The molecular weight excluding hydrogens is 440 g/mol. The molecule has 0 spiro atoms. The zero-order valence-corrected chi connectivity index (χ0v) is 18.0. The van der Waals surface area contributed by atoms with E-state index < -0.39 is 24.6 Å². The number of anilines is 1. The largest absolute Gasteiger partial charge is 0.489 e. The van der Waals surface area contributed by atoms with Crippen molar-refractivity contribution in [3.05, 3.63) is 47.0 Å². The molecule has 1 unspecified atom stereocenters. The first-order chi connectivity index (χ1) is 15.5. The van der Waals surface area contributed by atoms with E-state index in [2.05, 4.69) is 5.32 Å². The highest BCUT2D eigenvalue weighted by Crippen LogP contribution is 2.38. The lowest BCUT2D eigenvalue weighted by atomic mass is 10.1. The summed E-state index contributed by atoms with van der Waals surface area (Å²) in [4.78, 5) is 38.9. The Morgan fingerprint density at radius 2 is 1.94 bits per heavy atom. The molecule has 10 heteroatoms. The molecule has 1 atom stereocenters. The van der Waals surface area contributed by atoms with E-state index >= 15 is 0 Å². The average Bonchev–Trinajstić information content (AvgIpc) is 3.07. The van der Waals surface area contributed by atoms with Gasteiger partial charge in [-0.1, -0.05) is 23.7 Å². The number of amides is 2. The molecule has 2 amide bonds. The number of rotatable bonds is 4. The lowest BCUT2D eigenvalue weighted by Crippen LogP contribution is -2.51. The van der Waals surface area contributed by atoms with Crippen LogP contribution in [0.4, 0.5) is 5.69 Å². The van der Waals surface area contributed by atoms with Crippen LogP contribution in [-0.4, -0.2) is 57.3 Å². The van der Waals surface area contributed by atoms with Crippen LogP contribution in [0.15, 0.2) is 36.4 Å². The number of hydrogen-bond acceptors (Lipinski definition) is 7. The van der Waals surface area contributed by atoms with Crippen LogP contribution in [0.1, 0.15) is 16.8 Å². The standard InChI is InChI=1S/C22H21ClN2O7/c1-24-21(27)18-11-25(15-5-2-3-6-16(15)32-18)19(26)12-31-22(28)13-9-14(23)20-17(10-13)29-7-4-8-30-20/h2-3,5-6,9-10,18H,4,7-8,11-12H2,1H3,(H,24,27). The van der Waals surface area contributed by atoms with Crippen molar-refractivity contribution < 1.29 is 33.3 Å². The number of fused-ring (bicyclic) bond motifs is 2. The van der Waals surface area contributed by atoms with Gasteiger partial charge in [-0.25, -0.2) is 4.79 Å². The first-order valence-corrected chi connectivity index (χ1v) is 10.4. The van der Waals surface area contributed by atoms with Gasteiger partial charge in [-0.3, -0.25) is 9.59 Å². The number of benzene rings is 2. The van der Waals surface area contributed by atoms with E-state index in [1.807, 2.05) is 0 Å². The van der Waals surface area contributed by atoms with E-state index in [9.17, 15) is 14.4 Å². The summed E-state index contributed by atoms with van der Waals surface area (Å²) in [5.41, 5.74) is 0.630. The van der Waals surface area contributed by atoms with E-state index in [0.29, 0.717) is 42.6 Å². The Hall–Kier alpha value is -3.46. The molecule has 0 saturated carbocycles. The summed E-state index contributed by atoms with van der Waals surface area (Å²) >= 11 is 6.22. The Balaban J connectivity index is 1.47. The Morgan fingerprint density at radius 1 is 1.16 bits per heavy atom. The maximum atomic E-state index is 12.9. The molecule has 2 aromatic rings. The summed E-state index contributed by atoms with van der Waals surface area (Å²) in [6.45, 7) is 0.356. The fraction of sp³-hybridized carbons (Fsp3) is 0.318. The smallest absolute Gasteiger partial charge is 0.338 e. The molecule has 2 aliphatic heterocycles. The third kappa shape index (κ3) is 4.43. The lowest BCUT2D eigenvalue weighted by molar-refractivity contribution is -0.128. The van der Waals surface area contributed by atoms with Crippen molar-refractivity contribution >= 4 is 35.1 Å². The third-order valence-corrected chi connectivity index (χ3v) is 5.26. The van der Waals surface area contributed by atoms with Crippen molar-refractivity contribution in [3.63, 3.8) is 0 Å². The molecule has 0 bridgehead atoms. The van der Waals surface area contributed by atoms with Gasteiger partial charge in [0.2, 0.25) is 0 Å². The fourth-order valence-electron chi connectivity index (χ4n) is 3.41. The van der Waals surface area contributed by atoms with Crippen LogP contribution in [-0.2, 0) is 14.3 Å². The Bertz CT molecular complexity index is 1060. The van der Waals surface area contributed by atoms with Gasteiger partial charge in [0.15, 0.2) is 24.2 Å². The monoisotopic (exact) mass is 460 g/mol. The first kappa shape index (κ1) is 21.8. The number of likely N-dealkylation sites (N-methyl/N-ethyl adjacent to an activating group) is 1. The number of carbonyl (C=O) groups is 3. The van der Waals surface area contributed by atoms with Gasteiger partial charge in [-0.05, 0) is 24.3 Å². The average molecular weight is 461 g/mol. The number of esters is 1. The lowest BCUT2D eigenvalue weighted by Gasteiger charge is -2.33. The van der Waals surface area contributed by atoms with E-state index in [-0.39, 0.29) is 23.0 Å². The van der Waals surface area contributed by atoms with E-state index in [0.717, 1.165) is 0 Å². The first-order valence-electron chi connectivity index (χ1n) is 10.0. The second-order valence-corrected chi connectivity index (χ2v) is 7.51. The number of nitrogens with one attached hydrogen (secondary N) is 1. The minimum atomic E-state index is -0.880. The van der Waals surface area contributed by atoms with Gasteiger partial charge < -0.3 is 29.2 Å². The van der Waals surface area contributed by atoms with Crippen molar-refractivity contribution in [2.24, 2.45) is 0 Å². The van der Waals surface area contributed by atoms with Crippen molar-refractivity contribution in [3.8, 4) is 17.2 Å². The SMILES string of the molecule is CNC(=O)C1CN(C(=O)COC(=O)c2cc(Cl)c3c(c2)OCCCO3)c2ccccc2O1. The number of carbonyl (C=O) groups excluding carboxylic acids is 3. The summed E-state index contributed by atoms with van der Waals surface area (Å²) in [5.74, 6) is -0.479. The highest BCUT2D eigenvalue weighted by atomic mass is 35.5. The molecule has 4 rings (SSSR count). The molecule has 0 aliphatic carbocycles. The van der Waals surface area contributed by atoms with Crippen LogP contribution in [0.5, 0.6) is 17.2 Å². The highest BCUT2D eigenvalue weighted by molar-refractivity contribution is 6.32. The maximum Gasteiger partial charge on any atom is 0.338 e. The minimum Gasteiger partial charge on any atom is -0.489 e. The molecule has 2 aliphatic rings. The van der Waals surface area contributed by atoms with Crippen LogP contribution in [0, 0.1) is 0 Å². The van der Waals surface area contributed by atoms with E-state index in [1.54, 1.807) is 24.3 Å². The van der Waals surface area contributed by atoms with Gasteiger partial charge in [0.1, 0.15) is 5.75 Å². The number of halogens is 1. The van der Waals surface area contributed by atoms with E-state index in [1.165, 1.54) is 24.1 Å². The minimum absolute atomic E-state index is 0.0110. The van der Waals surface area contributed by atoms with Crippen molar-refractivity contribution in [1.29, 1.82) is 0 Å². The fourth-order valence-corrected chi connectivity index (χ4v) is 3.67. The zero-order chi connectivity index (χ0) is 22.7. The normalized spacial score (nSPS) is 16.8. The maximum absolute atomic E-state index is 12.9. The Kier molecular flexibility index (Phi) is 6.36. The van der Waals surface area contributed by atoms with E-state index in [4.69, 9.17) is 30.5 Å². The topological polar surface area (TPSA) is 103 Å². The molecule has 32 heavy (non-hydrogen) atoms. The molecular formula is C22H21ClN2O7. The van der Waals surface area contributed by atoms with Gasteiger partial charge in [-0.15, -0.1) is 0 Å². The van der Waals surface area contributed by atoms with Crippen LogP contribution < -0.4 is 24.4 Å². The second-order valence-electron chi connectivity index (χ2n) is 7.10. The molecule has 1 N–H and O–H groups in total. The molecule has 168 valence electrons. The molecule has 0 fully saturated rings. The predicted octanol–water partition coefficient (Wildman–Crippen LogP) is 2.20. The second kappa shape index (κ2) is 9.35. The molecule has 2 aromatic carbocycles. The summed E-state index contributed by atoms with van der Waals surface area (Å²) in [5, 5.41) is 2.73. The molecule has 0 radical (unpaired) electrons. The quantitative estimate of drug-likeness (QED) is 0.697. The van der Waals surface area contributed by atoms with Crippen LogP contribution in [0.3, 0.4) is 0 Å². The van der Waals surface area contributed by atoms with Crippen molar-refractivity contribution in [2.45, 2.75) is 12.5 Å². The summed E-state index contributed by atoms with van der Waals surface area (Å²) in [6, 6.07) is 9.73.